The first-order valence-electron chi connectivity index (χ1n) is 3.53. The fourth-order valence-electron chi connectivity index (χ4n) is 0.407. The zero-order valence-electron chi connectivity index (χ0n) is 6.91. The Hall–Kier alpha value is 0.400. The second-order valence-electron chi connectivity index (χ2n) is 3.15. The summed E-state index contributed by atoms with van der Waals surface area (Å²) in [7, 11) is 0. The molecule has 1 N–H and O–H groups in total. The summed E-state index contributed by atoms with van der Waals surface area (Å²) in [5.74, 6) is 0. The van der Waals surface area contributed by atoms with Gasteiger partial charge in [-0.2, -0.15) is 0 Å². The molecule has 0 amide bonds. The summed E-state index contributed by atoms with van der Waals surface area (Å²) in [5.41, 5.74) is 2.82. The summed E-state index contributed by atoms with van der Waals surface area (Å²) in [5, 5.41) is 1.02. The van der Waals surface area contributed by atoms with Gasteiger partial charge < -0.3 is 0 Å². The maximum Gasteiger partial charge on any atom is 0.0812 e. The Bertz CT molecular complexity index is 80.2. The van der Waals surface area contributed by atoms with E-state index in [4.69, 9.17) is 4.84 Å². The molecular weight excluding hydrogens is 194 g/mol. The Morgan fingerprint density at radius 1 is 1.40 bits per heavy atom. The van der Waals surface area contributed by atoms with E-state index in [-0.39, 0.29) is 5.60 Å². The van der Waals surface area contributed by atoms with Crippen LogP contribution in [0.25, 0.3) is 0 Å². The molecule has 0 atom stereocenters. The van der Waals surface area contributed by atoms with Gasteiger partial charge in [0, 0.05) is 11.9 Å². The van der Waals surface area contributed by atoms with Crippen LogP contribution in [0.15, 0.2) is 0 Å². The van der Waals surface area contributed by atoms with E-state index in [2.05, 4.69) is 21.4 Å². The van der Waals surface area contributed by atoms with Crippen molar-refractivity contribution in [3.8, 4) is 0 Å². The van der Waals surface area contributed by atoms with Gasteiger partial charge >= 0.3 is 0 Å². The van der Waals surface area contributed by atoms with Crippen LogP contribution in [0.1, 0.15) is 27.2 Å². The Morgan fingerprint density at radius 2 is 2.00 bits per heavy atom. The first-order chi connectivity index (χ1) is 4.56. The fraction of sp³-hybridized carbons (Fsp3) is 1.00. The predicted octanol–water partition coefficient (Wildman–Crippen LogP) is 2.09. The molecule has 0 unspecified atom stereocenters. The third kappa shape index (κ3) is 8.40. The summed E-state index contributed by atoms with van der Waals surface area (Å²) in [6.45, 7) is 6.97. The minimum Gasteiger partial charge on any atom is -0.296 e. The normalized spacial score (nSPS) is 12.0. The molecule has 0 aliphatic carbocycles. The Kier molecular flexibility index (Phi) is 5.31. The third-order valence-electron chi connectivity index (χ3n) is 0.791. The molecule has 0 spiro atoms. The molecule has 10 heavy (non-hydrogen) atoms. The lowest BCUT2D eigenvalue weighted by Crippen LogP contribution is -2.29. The summed E-state index contributed by atoms with van der Waals surface area (Å²) < 4.78 is 0. The van der Waals surface area contributed by atoms with Crippen molar-refractivity contribution < 1.29 is 4.84 Å². The van der Waals surface area contributed by atoms with Crippen LogP contribution >= 0.6 is 15.9 Å². The Labute approximate surface area is 71.4 Å². The lowest BCUT2D eigenvalue weighted by Gasteiger charge is -2.18. The molecule has 2 nitrogen and oxygen atoms in total. The first kappa shape index (κ1) is 10.4. The van der Waals surface area contributed by atoms with Crippen LogP contribution in [0.5, 0.6) is 0 Å². The number of rotatable bonds is 4. The zero-order chi connectivity index (χ0) is 8.04. The molecule has 0 heterocycles. The van der Waals surface area contributed by atoms with Gasteiger partial charge in [-0.25, -0.2) is 5.48 Å². The highest BCUT2D eigenvalue weighted by atomic mass is 79.9. The lowest BCUT2D eigenvalue weighted by atomic mass is 10.2. The van der Waals surface area contributed by atoms with Gasteiger partial charge in [-0.1, -0.05) is 15.9 Å². The SMILES string of the molecule is CC(C)(C)ONCCCBr. The molecule has 3 heteroatoms. The van der Waals surface area contributed by atoms with Crippen LogP contribution in [-0.2, 0) is 4.84 Å². The molecule has 0 saturated heterocycles. The molecule has 0 aromatic rings. The fourth-order valence-corrected chi connectivity index (χ4v) is 0.687. The van der Waals surface area contributed by atoms with Gasteiger partial charge in [-0.3, -0.25) is 4.84 Å². The van der Waals surface area contributed by atoms with E-state index in [1.165, 1.54) is 0 Å². The van der Waals surface area contributed by atoms with Crippen LogP contribution in [0.3, 0.4) is 0 Å². The molecule has 0 rings (SSSR count). The van der Waals surface area contributed by atoms with Crippen molar-refractivity contribution in [2.45, 2.75) is 32.8 Å². The van der Waals surface area contributed by atoms with Crippen molar-refractivity contribution >= 4 is 15.9 Å². The van der Waals surface area contributed by atoms with Crippen LogP contribution < -0.4 is 5.48 Å². The van der Waals surface area contributed by atoms with Crippen LogP contribution in [0.2, 0.25) is 0 Å². The molecule has 0 bridgehead atoms. The van der Waals surface area contributed by atoms with E-state index in [1.807, 2.05) is 20.8 Å². The molecule has 0 aliphatic rings. The molecule has 0 radical (unpaired) electrons. The number of halogens is 1. The zero-order valence-corrected chi connectivity index (χ0v) is 8.49. The topological polar surface area (TPSA) is 21.3 Å². The number of alkyl halides is 1. The summed E-state index contributed by atoms with van der Waals surface area (Å²) >= 11 is 3.33. The molecular formula is C7H16BrNO. The molecule has 62 valence electrons. The largest absolute Gasteiger partial charge is 0.296 e. The van der Waals surface area contributed by atoms with Crippen LogP contribution in [-0.4, -0.2) is 17.5 Å². The van der Waals surface area contributed by atoms with Gasteiger partial charge in [0.1, 0.15) is 0 Å². The van der Waals surface area contributed by atoms with Crippen molar-refractivity contribution in [2.75, 3.05) is 11.9 Å². The highest BCUT2D eigenvalue weighted by Gasteiger charge is 2.08. The average molecular weight is 210 g/mol. The van der Waals surface area contributed by atoms with E-state index in [1.54, 1.807) is 0 Å². The quantitative estimate of drug-likeness (QED) is 0.435. The van der Waals surface area contributed by atoms with Crippen molar-refractivity contribution in [1.29, 1.82) is 0 Å². The maximum absolute atomic E-state index is 5.26. The third-order valence-corrected chi connectivity index (χ3v) is 1.35. The molecule has 0 fully saturated rings. The standard InChI is InChI=1S/C7H16BrNO/c1-7(2,3)10-9-6-4-5-8/h9H,4-6H2,1-3H3. The van der Waals surface area contributed by atoms with Crippen molar-refractivity contribution in [2.24, 2.45) is 0 Å². The van der Waals surface area contributed by atoms with Gasteiger partial charge in [0.2, 0.25) is 0 Å². The Balaban J connectivity index is 3.04. The lowest BCUT2D eigenvalue weighted by molar-refractivity contribution is -0.0719. The Morgan fingerprint density at radius 3 is 2.40 bits per heavy atom. The second kappa shape index (κ2) is 5.10. The summed E-state index contributed by atoms with van der Waals surface area (Å²) in [6.07, 6.45) is 1.09. The minimum atomic E-state index is -0.0771. The number of nitrogens with one attached hydrogen (secondary N) is 1. The van der Waals surface area contributed by atoms with E-state index in [9.17, 15) is 0 Å². The summed E-state index contributed by atoms with van der Waals surface area (Å²) in [4.78, 5) is 5.26. The maximum atomic E-state index is 5.26. The number of hydrogen-bond acceptors (Lipinski definition) is 2. The minimum absolute atomic E-state index is 0.0771. The van der Waals surface area contributed by atoms with Gasteiger partial charge in [0.05, 0.1) is 5.60 Å². The van der Waals surface area contributed by atoms with Crippen LogP contribution in [0.4, 0.5) is 0 Å². The highest BCUT2D eigenvalue weighted by molar-refractivity contribution is 9.09. The first-order valence-corrected chi connectivity index (χ1v) is 4.65. The monoisotopic (exact) mass is 209 g/mol. The molecule has 0 aliphatic heterocycles. The van der Waals surface area contributed by atoms with E-state index < -0.39 is 0 Å². The van der Waals surface area contributed by atoms with E-state index in [0.29, 0.717) is 0 Å². The van der Waals surface area contributed by atoms with Crippen LogP contribution in [0, 0.1) is 0 Å². The van der Waals surface area contributed by atoms with Gasteiger partial charge in [0.25, 0.3) is 0 Å². The van der Waals surface area contributed by atoms with E-state index >= 15 is 0 Å². The van der Waals surface area contributed by atoms with Gasteiger partial charge in [-0.15, -0.1) is 0 Å². The predicted molar refractivity (Wildman–Crippen MR) is 47.3 cm³/mol. The molecule has 0 aromatic carbocycles. The number of hydroxylamine groups is 1. The highest BCUT2D eigenvalue weighted by Crippen LogP contribution is 2.03. The average Bonchev–Trinajstić information content (AvgIpc) is 1.78. The van der Waals surface area contributed by atoms with Crippen molar-refractivity contribution in [3.05, 3.63) is 0 Å². The van der Waals surface area contributed by atoms with E-state index in [0.717, 1.165) is 18.3 Å². The molecule has 0 saturated carbocycles. The smallest absolute Gasteiger partial charge is 0.0812 e. The summed E-state index contributed by atoms with van der Waals surface area (Å²) in [6, 6.07) is 0. The van der Waals surface area contributed by atoms with Crippen molar-refractivity contribution in [3.63, 3.8) is 0 Å². The van der Waals surface area contributed by atoms with Crippen molar-refractivity contribution in [1.82, 2.24) is 5.48 Å². The second-order valence-corrected chi connectivity index (χ2v) is 3.94. The van der Waals surface area contributed by atoms with Gasteiger partial charge in [0.15, 0.2) is 0 Å². The van der Waals surface area contributed by atoms with Gasteiger partial charge in [-0.05, 0) is 27.2 Å². The number of hydrogen-bond donors (Lipinski definition) is 1. The molecule has 0 aromatic heterocycles.